The van der Waals surface area contributed by atoms with E-state index in [0.717, 1.165) is 20.9 Å². The molecule has 4 aromatic rings. The van der Waals surface area contributed by atoms with Gasteiger partial charge in [0, 0.05) is 0 Å². The number of nitrogens with zero attached hydrogens (tertiary/aromatic N) is 2. The molecule has 2 nitrogen and oxygen atoms in total. The Morgan fingerprint density at radius 1 is 1.20 bits per heavy atom. The van der Waals surface area contributed by atoms with Crippen LogP contribution in [-0.4, -0.2) is 23.3 Å². The van der Waals surface area contributed by atoms with Crippen molar-refractivity contribution >= 4 is 58.2 Å². The van der Waals surface area contributed by atoms with Crippen LogP contribution in [0.5, 0.6) is 0 Å². The molecule has 20 heavy (non-hydrogen) atoms. The first-order valence-electron chi connectivity index (χ1n) is 6.21. The second-order valence-electron chi connectivity index (χ2n) is 4.57. The van der Waals surface area contributed by atoms with Gasteiger partial charge in [0.15, 0.2) is 0 Å². The number of rotatable bonds is 1. The van der Waals surface area contributed by atoms with Crippen molar-refractivity contribution in [1.82, 2.24) is 8.55 Å². The molecule has 0 fully saturated rings. The SMILES string of the molecule is Cc1nc2cc(-n3[se]c4ccccc4c3=S)ccc2s1. The fraction of sp³-hybridized carbons (Fsp3) is 0.0667. The molecule has 0 atom stereocenters. The first kappa shape index (κ1) is 12.5. The Morgan fingerprint density at radius 2 is 2.05 bits per heavy atom. The van der Waals surface area contributed by atoms with Gasteiger partial charge >= 0.3 is 131 Å². The van der Waals surface area contributed by atoms with Gasteiger partial charge in [-0.3, -0.25) is 0 Å². The van der Waals surface area contributed by atoms with Crippen molar-refractivity contribution in [3.8, 4) is 5.69 Å². The standard InChI is InChI=1S/C15H10N2S2Se/c1-9-16-12-8-10(6-7-13(12)19-9)17-15(18)11-4-2-3-5-14(11)20-17/h2-8H,1H3. The van der Waals surface area contributed by atoms with Crippen molar-refractivity contribution in [3.05, 3.63) is 52.1 Å². The molecule has 0 spiro atoms. The van der Waals surface area contributed by atoms with Crippen molar-refractivity contribution in [2.24, 2.45) is 0 Å². The van der Waals surface area contributed by atoms with E-state index in [9.17, 15) is 0 Å². The van der Waals surface area contributed by atoms with Crippen LogP contribution in [0, 0.1) is 11.6 Å². The average molecular weight is 361 g/mol. The van der Waals surface area contributed by atoms with Crippen LogP contribution in [0.1, 0.15) is 5.01 Å². The van der Waals surface area contributed by atoms with E-state index >= 15 is 0 Å². The molecular weight excluding hydrogens is 351 g/mol. The van der Waals surface area contributed by atoms with Gasteiger partial charge in [-0.1, -0.05) is 0 Å². The average Bonchev–Trinajstić information content (AvgIpc) is 2.98. The monoisotopic (exact) mass is 362 g/mol. The number of fused-ring (bicyclic) bond motifs is 2. The molecule has 0 aliphatic rings. The third kappa shape index (κ3) is 1.90. The van der Waals surface area contributed by atoms with Gasteiger partial charge in [0.1, 0.15) is 0 Å². The summed E-state index contributed by atoms with van der Waals surface area (Å²) >= 11 is 7.59. The van der Waals surface area contributed by atoms with Gasteiger partial charge in [-0.2, -0.15) is 0 Å². The first-order chi connectivity index (χ1) is 9.72. The molecular formula is C15H10N2S2Se. The molecule has 4 rings (SSSR count). The minimum atomic E-state index is 0.229. The molecule has 0 saturated carbocycles. The summed E-state index contributed by atoms with van der Waals surface area (Å²) in [7, 11) is 0. The van der Waals surface area contributed by atoms with Crippen LogP contribution in [0.15, 0.2) is 42.5 Å². The minimum absolute atomic E-state index is 0.229. The molecule has 5 heteroatoms. The molecule has 0 amide bonds. The zero-order valence-corrected chi connectivity index (χ0v) is 14.0. The second-order valence-corrected chi connectivity index (χ2v) is 8.27. The summed E-state index contributed by atoms with van der Waals surface area (Å²) in [5.74, 6) is 0. The van der Waals surface area contributed by atoms with Crippen molar-refractivity contribution in [1.29, 1.82) is 0 Å². The van der Waals surface area contributed by atoms with E-state index in [0.29, 0.717) is 0 Å². The molecule has 0 aliphatic heterocycles. The van der Waals surface area contributed by atoms with Crippen molar-refractivity contribution in [2.75, 3.05) is 0 Å². The van der Waals surface area contributed by atoms with Gasteiger partial charge in [-0.05, 0) is 0 Å². The summed E-state index contributed by atoms with van der Waals surface area (Å²) in [4.78, 5) is 4.57. The Morgan fingerprint density at radius 3 is 2.90 bits per heavy atom. The molecule has 0 aliphatic carbocycles. The van der Waals surface area contributed by atoms with Gasteiger partial charge in [0.05, 0.1) is 0 Å². The maximum atomic E-state index is 5.63. The van der Waals surface area contributed by atoms with Crippen LogP contribution in [0.3, 0.4) is 0 Å². The number of benzene rings is 2. The molecule has 0 radical (unpaired) electrons. The van der Waals surface area contributed by atoms with Crippen LogP contribution in [0.25, 0.3) is 25.6 Å². The van der Waals surface area contributed by atoms with Crippen LogP contribution in [0.2, 0.25) is 0 Å². The molecule has 0 unspecified atom stereocenters. The zero-order valence-electron chi connectivity index (χ0n) is 10.7. The van der Waals surface area contributed by atoms with E-state index in [1.807, 2.05) is 6.92 Å². The molecule has 0 bridgehead atoms. The quantitative estimate of drug-likeness (QED) is 0.371. The predicted octanol–water partition coefficient (Wildman–Crippen LogP) is 4.34. The molecule has 0 saturated heterocycles. The van der Waals surface area contributed by atoms with Gasteiger partial charge in [0.25, 0.3) is 0 Å². The van der Waals surface area contributed by atoms with E-state index in [2.05, 4.69) is 51.0 Å². The fourth-order valence-corrected chi connectivity index (χ4v) is 5.83. The molecule has 2 heterocycles. The summed E-state index contributed by atoms with van der Waals surface area (Å²) in [5, 5.41) is 2.31. The summed E-state index contributed by atoms with van der Waals surface area (Å²) in [6.45, 7) is 2.05. The van der Waals surface area contributed by atoms with Gasteiger partial charge < -0.3 is 0 Å². The second kappa shape index (κ2) is 4.64. The number of thiazole rings is 1. The van der Waals surface area contributed by atoms with Gasteiger partial charge in [-0.15, -0.1) is 0 Å². The van der Waals surface area contributed by atoms with Gasteiger partial charge in [-0.25, -0.2) is 0 Å². The Balaban J connectivity index is 2.00. The first-order valence-corrected chi connectivity index (χ1v) is 9.06. The summed E-state index contributed by atoms with van der Waals surface area (Å²) in [5.41, 5.74) is 2.23. The van der Waals surface area contributed by atoms with Crippen molar-refractivity contribution in [2.45, 2.75) is 6.92 Å². The third-order valence-electron chi connectivity index (χ3n) is 3.20. The summed E-state index contributed by atoms with van der Waals surface area (Å²) in [6.07, 6.45) is 0. The van der Waals surface area contributed by atoms with Crippen LogP contribution >= 0.6 is 23.6 Å². The van der Waals surface area contributed by atoms with Crippen LogP contribution in [0.4, 0.5) is 0 Å². The predicted molar refractivity (Wildman–Crippen MR) is 89.0 cm³/mol. The van der Waals surface area contributed by atoms with E-state index < -0.39 is 0 Å². The van der Waals surface area contributed by atoms with E-state index in [-0.39, 0.29) is 14.7 Å². The molecule has 0 N–H and O–H groups in total. The van der Waals surface area contributed by atoms with Crippen molar-refractivity contribution < 1.29 is 0 Å². The number of hydrogen-bond acceptors (Lipinski definition) is 3. The van der Waals surface area contributed by atoms with Crippen molar-refractivity contribution in [3.63, 3.8) is 0 Å². The molecule has 2 aromatic carbocycles. The molecule has 2 aromatic heterocycles. The topological polar surface area (TPSA) is 17.8 Å². The maximum absolute atomic E-state index is 5.63. The number of aromatic nitrogens is 2. The van der Waals surface area contributed by atoms with Crippen LogP contribution in [-0.2, 0) is 0 Å². The van der Waals surface area contributed by atoms with Crippen LogP contribution < -0.4 is 0 Å². The number of hydrogen-bond donors (Lipinski definition) is 0. The summed E-state index contributed by atoms with van der Waals surface area (Å²) in [6, 6.07) is 14.9. The van der Waals surface area contributed by atoms with E-state index in [1.165, 1.54) is 14.3 Å². The van der Waals surface area contributed by atoms with E-state index in [4.69, 9.17) is 12.2 Å². The third-order valence-corrected chi connectivity index (χ3v) is 7.19. The van der Waals surface area contributed by atoms with E-state index in [1.54, 1.807) is 11.3 Å². The molecule has 98 valence electrons. The Bertz CT molecular complexity index is 994. The summed E-state index contributed by atoms with van der Waals surface area (Å²) < 4.78 is 5.79. The zero-order chi connectivity index (χ0) is 13.7. The van der Waals surface area contributed by atoms with Gasteiger partial charge in [0.2, 0.25) is 0 Å². The Hall–Kier alpha value is -1.26. The Labute approximate surface area is 131 Å². The Kier molecular flexibility index (Phi) is 2.89. The fourth-order valence-electron chi connectivity index (χ4n) is 2.30. The number of aryl methyl sites for hydroxylation is 1. The normalized spacial score (nSPS) is 11.4.